The quantitative estimate of drug-likeness (QED) is 0.825. The summed E-state index contributed by atoms with van der Waals surface area (Å²) in [6.45, 7) is 4.81. The van der Waals surface area contributed by atoms with Crippen LogP contribution in [0.2, 0.25) is 0 Å². The normalized spacial score (nSPS) is 29.9. The molecule has 1 heterocycles. The second-order valence-electron chi connectivity index (χ2n) is 7.33. The third-order valence-electron chi connectivity index (χ3n) is 5.40. The molecule has 2 N–H and O–H groups in total. The van der Waals surface area contributed by atoms with Crippen LogP contribution in [0.4, 0.5) is 5.69 Å². The number of fused-ring (bicyclic) bond motifs is 1. The van der Waals surface area contributed by atoms with Gasteiger partial charge in [0, 0.05) is 17.6 Å². The van der Waals surface area contributed by atoms with Gasteiger partial charge < -0.3 is 10.3 Å². The summed E-state index contributed by atoms with van der Waals surface area (Å²) in [5.74, 6) is 3.61. The number of imidazole rings is 1. The van der Waals surface area contributed by atoms with Gasteiger partial charge in [0.25, 0.3) is 0 Å². The van der Waals surface area contributed by atoms with E-state index in [1.807, 2.05) is 12.1 Å². The Labute approximate surface area is 126 Å². The van der Waals surface area contributed by atoms with Gasteiger partial charge in [-0.3, -0.25) is 0 Å². The summed E-state index contributed by atoms with van der Waals surface area (Å²) in [7, 11) is 0. The summed E-state index contributed by atoms with van der Waals surface area (Å²) < 4.78 is 2.57. The third-order valence-corrected chi connectivity index (χ3v) is 5.40. The fourth-order valence-corrected chi connectivity index (χ4v) is 4.15. The first-order valence-corrected chi connectivity index (χ1v) is 8.41. The lowest BCUT2D eigenvalue weighted by Gasteiger charge is -2.35. The minimum absolute atomic E-state index is 0.616. The molecule has 2 aliphatic rings. The monoisotopic (exact) mass is 283 g/mol. The van der Waals surface area contributed by atoms with Crippen LogP contribution < -0.4 is 5.73 Å². The van der Waals surface area contributed by atoms with E-state index in [1.54, 1.807) is 0 Å². The summed E-state index contributed by atoms with van der Waals surface area (Å²) in [5, 5.41) is 0. The molecule has 0 bridgehead atoms. The van der Waals surface area contributed by atoms with Crippen LogP contribution in [-0.4, -0.2) is 9.55 Å². The molecular formula is C18H25N3. The number of anilines is 1. The van der Waals surface area contributed by atoms with Crippen molar-refractivity contribution in [3.05, 3.63) is 24.0 Å². The maximum atomic E-state index is 5.95. The highest BCUT2D eigenvalue weighted by atomic mass is 15.1. The predicted octanol–water partition coefficient (Wildman–Crippen LogP) is 4.49. The van der Waals surface area contributed by atoms with Crippen LogP contribution in [0.1, 0.15) is 63.7 Å². The van der Waals surface area contributed by atoms with E-state index in [0.717, 1.165) is 23.0 Å². The predicted molar refractivity (Wildman–Crippen MR) is 87.3 cm³/mol. The third kappa shape index (κ3) is 2.23. The Balaban J connectivity index is 1.84. The van der Waals surface area contributed by atoms with Crippen molar-refractivity contribution >= 4 is 16.7 Å². The van der Waals surface area contributed by atoms with Crippen molar-refractivity contribution in [2.24, 2.45) is 11.8 Å². The van der Waals surface area contributed by atoms with Gasteiger partial charge in [-0.15, -0.1) is 0 Å². The van der Waals surface area contributed by atoms with Gasteiger partial charge in [0.2, 0.25) is 0 Å². The van der Waals surface area contributed by atoms with E-state index in [0.29, 0.717) is 12.0 Å². The highest BCUT2D eigenvalue weighted by Crippen LogP contribution is 2.45. The number of aromatic nitrogens is 2. The lowest BCUT2D eigenvalue weighted by molar-refractivity contribution is 0.208. The van der Waals surface area contributed by atoms with Crippen molar-refractivity contribution in [2.75, 3.05) is 5.73 Å². The van der Waals surface area contributed by atoms with E-state index in [-0.39, 0.29) is 0 Å². The Morgan fingerprint density at radius 2 is 1.95 bits per heavy atom. The van der Waals surface area contributed by atoms with E-state index in [9.17, 15) is 0 Å². The summed E-state index contributed by atoms with van der Waals surface area (Å²) in [6, 6.07) is 6.85. The van der Waals surface area contributed by atoms with Crippen molar-refractivity contribution in [3.63, 3.8) is 0 Å². The van der Waals surface area contributed by atoms with E-state index < -0.39 is 0 Å². The van der Waals surface area contributed by atoms with E-state index in [4.69, 9.17) is 10.7 Å². The molecule has 2 aromatic rings. The fraction of sp³-hybridized carbons (Fsp3) is 0.611. The second-order valence-corrected chi connectivity index (χ2v) is 7.33. The van der Waals surface area contributed by atoms with Gasteiger partial charge in [-0.2, -0.15) is 0 Å². The minimum atomic E-state index is 0.616. The molecule has 112 valence electrons. The number of nitrogen functional groups attached to an aromatic ring is 1. The number of nitrogens with two attached hydrogens (primary N) is 1. The molecule has 2 aliphatic carbocycles. The van der Waals surface area contributed by atoms with Crippen LogP contribution in [0.15, 0.2) is 18.2 Å². The molecule has 2 fully saturated rings. The summed E-state index contributed by atoms with van der Waals surface area (Å²) >= 11 is 0. The molecule has 0 aliphatic heterocycles. The molecule has 0 amide bonds. The van der Waals surface area contributed by atoms with Crippen LogP contribution >= 0.6 is 0 Å². The second kappa shape index (κ2) is 4.75. The van der Waals surface area contributed by atoms with Gasteiger partial charge in [-0.05, 0) is 62.1 Å². The van der Waals surface area contributed by atoms with E-state index in [2.05, 4.69) is 24.5 Å². The molecule has 0 saturated heterocycles. The number of rotatable bonds is 2. The fourth-order valence-electron chi connectivity index (χ4n) is 4.15. The molecule has 1 aromatic heterocycles. The Kier molecular flexibility index (Phi) is 2.98. The lowest BCUT2D eigenvalue weighted by atomic mass is 9.79. The first kappa shape index (κ1) is 13.2. The lowest BCUT2D eigenvalue weighted by Crippen LogP contribution is -2.25. The Hall–Kier alpha value is -1.51. The standard InChI is InChI=1S/C18H25N3/c1-11-3-7-16(12(2)9-11)21-17-8-6-14(19)10-15(17)20-18(21)13-4-5-13/h6,8,10-13,16H,3-5,7,9,19H2,1-2H3. The maximum absolute atomic E-state index is 5.95. The molecule has 0 spiro atoms. The molecule has 3 unspecified atom stereocenters. The molecule has 3 atom stereocenters. The molecule has 1 aromatic carbocycles. The van der Waals surface area contributed by atoms with Crippen LogP contribution in [-0.2, 0) is 0 Å². The first-order chi connectivity index (χ1) is 10.1. The molecule has 4 rings (SSSR count). The number of nitrogens with zero attached hydrogens (tertiary/aromatic N) is 2. The Bertz CT molecular complexity index is 668. The van der Waals surface area contributed by atoms with Gasteiger partial charge in [0.05, 0.1) is 11.0 Å². The summed E-state index contributed by atoms with van der Waals surface area (Å²) in [5.41, 5.74) is 9.14. The number of benzene rings is 1. The van der Waals surface area contributed by atoms with Crippen molar-refractivity contribution < 1.29 is 0 Å². The van der Waals surface area contributed by atoms with Gasteiger partial charge in [0.15, 0.2) is 0 Å². The highest BCUT2D eigenvalue weighted by Gasteiger charge is 2.35. The smallest absolute Gasteiger partial charge is 0.113 e. The molecule has 3 nitrogen and oxygen atoms in total. The van der Waals surface area contributed by atoms with Crippen molar-refractivity contribution in [2.45, 2.75) is 57.9 Å². The van der Waals surface area contributed by atoms with Gasteiger partial charge in [0.1, 0.15) is 5.82 Å². The van der Waals surface area contributed by atoms with Crippen LogP contribution in [0.25, 0.3) is 11.0 Å². The first-order valence-electron chi connectivity index (χ1n) is 8.41. The van der Waals surface area contributed by atoms with Crippen molar-refractivity contribution in [1.29, 1.82) is 0 Å². The van der Waals surface area contributed by atoms with Crippen LogP contribution in [0.5, 0.6) is 0 Å². The molecule has 0 radical (unpaired) electrons. The van der Waals surface area contributed by atoms with Gasteiger partial charge in [-0.1, -0.05) is 13.8 Å². The molecule has 2 saturated carbocycles. The number of hydrogen-bond donors (Lipinski definition) is 1. The average molecular weight is 283 g/mol. The molecule has 3 heteroatoms. The van der Waals surface area contributed by atoms with Crippen molar-refractivity contribution in [1.82, 2.24) is 9.55 Å². The zero-order valence-corrected chi connectivity index (χ0v) is 13.0. The minimum Gasteiger partial charge on any atom is -0.399 e. The Morgan fingerprint density at radius 3 is 2.67 bits per heavy atom. The largest absolute Gasteiger partial charge is 0.399 e. The van der Waals surface area contributed by atoms with Crippen LogP contribution in [0, 0.1) is 11.8 Å². The average Bonchev–Trinajstić information content (AvgIpc) is 3.21. The zero-order chi connectivity index (χ0) is 14.6. The van der Waals surface area contributed by atoms with Crippen molar-refractivity contribution in [3.8, 4) is 0 Å². The van der Waals surface area contributed by atoms with E-state index in [1.165, 1.54) is 43.4 Å². The SMILES string of the molecule is CC1CCC(n2c(C3CC3)nc3cc(N)ccc32)C(C)C1. The van der Waals surface area contributed by atoms with Gasteiger partial charge >= 0.3 is 0 Å². The number of hydrogen-bond acceptors (Lipinski definition) is 2. The zero-order valence-electron chi connectivity index (χ0n) is 13.0. The van der Waals surface area contributed by atoms with Gasteiger partial charge in [-0.25, -0.2) is 4.98 Å². The van der Waals surface area contributed by atoms with Crippen LogP contribution in [0.3, 0.4) is 0 Å². The highest BCUT2D eigenvalue weighted by molar-refractivity contribution is 5.80. The van der Waals surface area contributed by atoms with E-state index >= 15 is 0 Å². The molecule has 21 heavy (non-hydrogen) atoms. The Morgan fingerprint density at radius 1 is 1.14 bits per heavy atom. The topological polar surface area (TPSA) is 43.8 Å². The molecular weight excluding hydrogens is 258 g/mol. The maximum Gasteiger partial charge on any atom is 0.113 e. The summed E-state index contributed by atoms with van der Waals surface area (Å²) in [4.78, 5) is 4.95. The summed E-state index contributed by atoms with van der Waals surface area (Å²) in [6.07, 6.45) is 6.57.